The number of amides is 1. The fraction of sp³-hybridized carbons (Fsp3) is 0.200. The highest BCUT2D eigenvalue weighted by Gasteiger charge is 2.26. The van der Waals surface area contributed by atoms with Crippen LogP contribution in [0.3, 0.4) is 0 Å². The molecule has 1 aliphatic rings. The van der Waals surface area contributed by atoms with Crippen LogP contribution >= 0.6 is 23.2 Å². The van der Waals surface area contributed by atoms with Crippen LogP contribution in [0, 0.1) is 17.5 Å². The maximum atomic E-state index is 14.7. The predicted octanol–water partition coefficient (Wildman–Crippen LogP) is 5.31. The highest BCUT2D eigenvalue weighted by atomic mass is 35.5. The summed E-state index contributed by atoms with van der Waals surface area (Å²) < 4.78 is 42.9. The van der Waals surface area contributed by atoms with Gasteiger partial charge in [-0.3, -0.25) is 9.69 Å². The van der Waals surface area contributed by atoms with Gasteiger partial charge in [-0.25, -0.2) is 18.2 Å². The molecule has 2 N–H and O–H groups in total. The van der Waals surface area contributed by atoms with Crippen LogP contribution < -0.4 is 15.2 Å². The van der Waals surface area contributed by atoms with Gasteiger partial charge in [0.05, 0.1) is 11.3 Å². The molecule has 1 aliphatic heterocycles. The third kappa shape index (κ3) is 6.14. The number of aromatic nitrogens is 1. The first-order chi connectivity index (χ1) is 16.8. The molecule has 1 fully saturated rings. The summed E-state index contributed by atoms with van der Waals surface area (Å²) in [6.07, 6.45) is 5.47. The summed E-state index contributed by atoms with van der Waals surface area (Å²) in [6, 6.07) is 11.2. The molecular weight excluding hydrogens is 500 g/mol. The first kappa shape index (κ1) is 25.0. The normalized spacial score (nSPS) is 14.5. The van der Waals surface area contributed by atoms with Crippen molar-refractivity contribution < 1.29 is 22.9 Å². The van der Waals surface area contributed by atoms with Crippen molar-refractivity contribution in [3.8, 4) is 0 Å². The molecule has 4 rings (SSSR count). The van der Waals surface area contributed by atoms with Gasteiger partial charge >= 0.3 is 0 Å². The lowest BCUT2D eigenvalue weighted by Gasteiger charge is -2.36. The van der Waals surface area contributed by atoms with E-state index in [0.717, 1.165) is 11.6 Å². The Bertz CT molecular complexity index is 1250. The van der Waals surface area contributed by atoms with E-state index < -0.39 is 29.0 Å². The molecule has 0 spiro atoms. The van der Waals surface area contributed by atoms with Gasteiger partial charge in [-0.05, 0) is 29.3 Å². The van der Waals surface area contributed by atoms with E-state index >= 15 is 0 Å². The molecule has 5 nitrogen and oxygen atoms in total. The molecular formula is C25H22Cl2F3N4O+. The topological polar surface area (TPSA) is 49.7 Å². The van der Waals surface area contributed by atoms with Crippen LogP contribution in [0.25, 0.3) is 6.08 Å². The average molecular weight is 522 g/mol. The van der Waals surface area contributed by atoms with Crippen LogP contribution in [0.2, 0.25) is 10.2 Å². The summed E-state index contributed by atoms with van der Waals surface area (Å²) in [7, 11) is 0. The molecule has 1 amide bonds. The van der Waals surface area contributed by atoms with Crippen molar-refractivity contribution in [2.24, 2.45) is 0 Å². The van der Waals surface area contributed by atoms with E-state index in [-0.39, 0.29) is 16.4 Å². The van der Waals surface area contributed by atoms with Gasteiger partial charge in [0.2, 0.25) is 0 Å². The van der Waals surface area contributed by atoms with Gasteiger partial charge < -0.3 is 10.2 Å². The third-order valence-corrected chi connectivity index (χ3v) is 6.14. The number of hydrogen-bond donors (Lipinski definition) is 1. The molecule has 0 unspecified atom stereocenters. The summed E-state index contributed by atoms with van der Waals surface area (Å²) >= 11 is 11.8. The number of carbonyl (C=O) groups excluding carboxylic acids is 1. The Balaban J connectivity index is 1.46. The summed E-state index contributed by atoms with van der Waals surface area (Å²) in [5.74, 6) is -5.11. The summed E-state index contributed by atoms with van der Waals surface area (Å²) in [6.45, 7) is 2.80. The van der Waals surface area contributed by atoms with Crippen molar-refractivity contribution in [3.63, 3.8) is 0 Å². The fourth-order valence-corrected chi connectivity index (χ4v) is 4.10. The van der Waals surface area contributed by atoms with E-state index in [1.807, 2.05) is 36.4 Å². The van der Waals surface area contributed by atoms with E-state index in [9.17, 15) is 18.0 Å². The van der Waals surface area contributed by atoms with Crippen LogP contribution in [0.4, 0.5) is 24.5 Å². The van der Waals surface area contributed by atoms with Crippen LogP contribution in [-0.2, 0) is 0 Å². The number of benzene rings is 2. The number of nitrogens with zero attached hydrogens (tertiary/aromatic N) is 2. The molecule has 0 saturated carbocycles. The highest BCUT2D eigenvalue weighted by molar-refractivity contribution is 6.30. The second-order valence-electron chi connectivity index (χ2n) is 8.00. The second-order valence-corrected chi connectivity index (χ2v) is 8.85. The van der Waals surface area contributed by atoms with Gasteiger partial charge in [0.15, 0.2) is 23.6 Å². The van der Waals surface area contributed by atoms with Gasteiger partial charge in [-0.2, -0.15) is 0 Å². The zero-order valence-electron chi connectivity index (χ0n) is 18.5. The molecule has 35 heavy (non-hydrogen) atoms. The van der Waals surface area contributed by atoms with Crippen LogP contribution in [0.1, 0.15) is 15.9 Å². The first-order valence-corrected chi connectivity index (χ1v) is 11.6. The van der Waals surface area contributed by atoms with Crippen molar-refractivity contribution in [2.75, 3.05) is 42.9 Å². The summed E-state index contributed by atoms with van der Waals surface area (Å²) in [4.78, 5) is 19.2. The maximum Gasteiger partial charge on any atom is 0.273 e. The minimum atomic E-state index is -1.64. The van der Waals surface area contributed by atoms with Crippen molar-refractivity contribution in [3.05, 3.63) is 93.5 Å². The standard InChI is InChI=1S/C25H21Cl2F3N4O/c26-18-5-3-16(4-6-18)2-1-9-33-10-12-34(13-11-33)20-15-19(28)22(29)23(30)24(20)32-25(35)17-7-8-31-21(27)14-17/h1-8,14-15H,9-13H2,(H,32,35)/p+1/b2-1+. The van der Waals surface area contributed by atoms with Crippen molar-refractivity contribution in [1.82, 2.24) is 4.90 Å². The van der Waals surface area contributed by atoms with E-state index in [2.05, 4.69) is 15.2 Å². The third-order valence-electron chi connectivity index (χ3n) is 5.67. The van der Waals surface area contributed by atoms with Crippen LogP contribution in [0.5, 0.6) is 0 Å². The number of halogens is 5. The molecule has 2 aromatic carbocycles. The van der Waals surface area contributed by atoms with Gasteiger partial charge in [0.1, 0.15) is 5.69 Å². The molecule has 0 aliphatic carbocycles. The highest BCUT2D eigenvalue weighted by Crippen LogP contribution is 2.33. The average Bonchev–Trinajstić information content (AvgIpc) is 2.86. The van der Waals surface area contributed by atoms with E-state index in [0.29, 0.717) is 37.7 Å². The number of nitrogens with one attached hydrogen (secondary N) is 2. The number of hydrogen-bond acceptors (Lipinski definition) is 3. The number of pyridine rings is 1. The van der Waals surface area contributed by atoms with Gasteiger partial charge in [0, 0.05) is 55.9 Å². The van der Waals surface area contributed by atoms with E-state index in [4.69, 9.17) is 23.2 Å². The maximum absolute atomic E-state index is 14.7. The quantitative estimate of drug-likeness (QED) is 0.353. The second kappa shape index (κ2) is 11.1. The van der Waals surface area contributed by atoms with Crippen molar-refractivity contribution >= 4 is 46.6 Å². The molecule has 0 radical (unpaired) electrons. The molecule has 0 atom stereocenters. The van der Waals surface area contributed by atoms with Crippen molar-refractivity contribution in [2.45, 2.75) is 0 Å². The summed E-state index contributed by atoms with van der Waals surface area (Å²) in [5, 5.41) is 3.26. The Labute approximate surface area is 210 Å². The number of anilines is 2. The Morgan fingerprint density at radius 2 is 1.71 bits per heavy atom. The van der Waals surface area contributed by atoms with Gasteiger partial charge in [-0.15, -0.1) is 0 Å². The Morgan fingerprint density at radius 1 is 1.00 bits per heavy atom. The predicted molar refractivity (Wildman–Crippen MR) is 131 cm³/mol. The lowest BCUT2D eigenvalue weighted by Crippen LogP contribution is -2.46. The minimum Gasteiger partial charge on any atom is -0.367 e. The lowest BCUT2D eigenvalue weighted by atomic mass is 10.1. The van der Waals surface area contributed by atoms with Crippen molar-refractivity contribution in [1.29, 1.82) is 0 Å². The molecule has 1 aromatic heterocycles. The van der Waals surface area contributed by atoms with E-state index in [1.165, 1.54) is 18.3 Å². The Morgan fingerprint density at radius 3 is 2.40 bits per heavy atom. The number of carbonyl (C=O) groups is 1. The SMILES string of the molecule is O=C(Nc1c(N2CCN(C/C=C/c3ccc(Cl)cc3)CC2)cc(F)c(F)c1F)c1cc[nH+]c(Cl)c1. The van der Waals surface area contributed by atoms with Gasteiger partial charge in [0.25, 0.3) is 11.1 Å². The number of aromatic amines is 1. The zero-order valence-corrected chi connectivity index (χ0v) is 20.0. The molecule has 182 valence electrons. The molecule has 3 aromatic rings. The number of H-pyrrole nitrogens is 1. The smallest absolute Gasteiger partial charge is 0.273 e. The number of rotatable bonds is 6. The monoisotopic (exact) mass is 521 g/mol. The first-order valence-electron chi connectivity index (χ1n) is 10.9. The Kier molecular flexibility index (Phi) is 7.95. The number of piperazine rings is 1. The molecule has 2 heterocycles. The van der Waals surface area contributed by atoms with Crippen LogP contribution in [0.15, 0.2) is 54.7 Å². The molecule has 10 heteroatoms. The van der Waals surface area contributed by atoms with Crippen LogP contribution in [-0.4, -0.2) is 43.5 Å². The minimum absolute atomic E-state index is 0.0831. The summed E-state index contributed by atoms with van der Waals surface area (Å²) in [5.41, 5.74) is 0.845. The van der Waals surface area contributed by atoms with E-state index in [1.54, 1.807) is 4.90 Å². The zero-order chi connectivity index (χ0) is 24.9. The fourth-order valence-electron chi connectivity index (χ4n) is 3.80. The molecule has 1 saturated heterocycles. The Hall–Kier alpha value is -3.07. The lowest BCUT2D eigenvalue weighted by molar-refractivity contribution is -0.375. The molecule has 0 bridgehead atoms. The largest absolute Gasteiger partial charge is 0.367 e. The van der Waals surface area contributed by atoms with Gasteiger partial charge in [-0.1, -0.05) is 35.9 Å².